The van der Waals surface area contributed by atoms with E-state index in [2.05, 4.69) is 34.1 Å². The Morgan fingerprint density at radius 2 is 1.73 bits per heavy atom. The van der Waals surface area contributed by atoms with E-state index in [0.29, 0.717) is 6.42 Å². The monoisotopic (exact) mass is 419 g/mol. The fraction of sp³-hybridized carbons (Fsp3) is 0.280. The van der Waals surface area contributed by atoms with E-state index in [1.807, 2.05) is 42.6 Å². The minimum Gasteiger partial charge on any atom is -0.369 e. The molecule has 1 fully saturated rings. The molecule has 1 aliphatic rings. The topological polar surface area (TPSA) is 59.2 Å². The third kappa shape index (κ3) is 4.72. The highest BCUT2D eigenvalue weighted by Gasteiger charge is 2.39. The van der Waals surface area contributed by atoms with Crippen molar-refractivity contribution in [3.05, 3.63) is 89.2 Å². The molecule has 1 aromatic heterocycles. The lowest BCUT2D eigenvalue weighted by molar-refractivity contribution is -0.130. The van der Waals surface area contributed by atoms with E-state index in [1.165, 1.54) is 5.56 Å². The van der Waals surface area contributed by atoms with Crippen LogP contribution in [0.15, 0.2) is 73.1 Å². The second-order valence-electron chi connectivity index (χ2n) is 8.17. The molecule has 2 heterocycles. The normalized spacial score (nSPS) is 16.3. The number of hydrogen-bond donors (Lipinski definition) is 1. The van der Waals surface area contributed by atoms with Crippen molar-refractivity contribution in [1.82, 2.24) is 9.88 Å². The summed E-state index contributed by atoms with van der Waals surface area (Å²) in [4.78, 5) is 19.1. The molecule has 4 rings (SSSR count). The van der Waals surface area contributed by atoms with Gasteiger partial charge in [0.1, 0.15) is 0 Å². The van der Waals surface area contributed by atoms with E-state index in [9.17, 15) is 4.79 Å². The first-order chi connectivity index (χ1) is 14.5. The van der Waals surface area contributed by atoms with Crippen molar-refractivity contribution >= 4 is 17.5 Å². The molecule has 0 atom stereocenters. The van der Waals surface area contributed by atoms with Crippen LogP contribution >= 0.6 is 11.6 Å². The third-order valence-electron chi connectivity index (χ3n) is 6.10. The number of carbonyl (C=O) groups excluding carboxylic acids is 1. The number of amides is 1. The Morgan fingerprint density at radius 1 is 1.00 bits per heavy atom. The van der Waals surface area contributed by atoms with Crippen LogP contribution in [0.25, 0.3) is 11.1 Å². The van der Waals surface area contributed by atoms with Crippen molar-refractivity contribution in [3.8, 4) is 11.1 Å². The molecule has 2 N–H and O–H groups in total. The molecule has 4 nitrogen and oxygen atoms in total. The van der Waals surface area contributed by atoms with Crippen LogP contribution in [-0.4, -0.2) is 28.9 Å². The summed E-state index contributed by atoms with van der Waals surface area (Å²) >= 11 is 6.11. The summed E-state index contributed by atoms with van der Waals surface area (Å²) in [5.74, 6) is -0.198. The zero-order valence-electron chi connectivity index (χ0n) is 16.9. The number of pyridine rings is 1. The number of halogens is 1. The number of nitrogens with zero attached hydrogens (tertiary/aromatic N) is 2. The number of rotatable bonds is 6. The molecule has 2 aromatic carbocycles. The lowest BCUT2D eigenvalue weighted by atomic mass is 9.73. The smallest absolute Gasteiger partial charge is 0.224 e. The van der Waals surface area contributed by atoms with E-state index >= 15 is 0 Å². The Kier molecular flexibility index (Phi) is 6.16. The fourth-order valence-corrected chi connectivity index (χ4v) is 4.54. The lowest BCUT2D eigenvalue weighted by Crippen LogP contribution is -2.48. The van der Waals surface area contributed by atoms with Crippen LogP contribution in [0.2, 0.25) is 5.02 Å². The van der Waals surface area contributed by atoms with Gasteiger partial charge in [-0.15, -0.1) is 0 Å². The van der Waals surface area contributed by atoms with Gasteiger partial charge >= 0.3 is 0 Å². The number of likely N-dealkylation sites (tertiary alicyclic amines) is 1. The molecule has 154 valence electrons. The van der Waals surface area contributed by atoms with E-state index < -0.39 is 5.41 Å². The molecule has 0 aliphatic carbocycles. The molecule has 1 amide bonds. The first-order valence-electron chi connectivity index (χ1n) is 10.3. The van der Waals surface area contributed by atoms with Gasteiger partial charge in [-0.05, 0) is 72.8 Å². The van der Waals surface area contributed by atoms with Gasteiger partial charge in [0.25, 0.3) is 0 Å². The van der Waals surface area contributed by atoms with Gasteiger partial charge in [0, 0.05) is 24.0 Å². The summed E-state index contributed by atoms with van der Waals surface area (Å²) in [6.45, 7) is 2.53. The van der Waals surface area contributed by atoms with Gasteiger partial charge in [0.15, 0.2) is 0 Å². The number of carbonyl (C=O) groups is 1. The average molecular weight is 420 g/mol. The molecular formula is C25H26ClN3O. The quantitative estimate of drug-likeness (QED) is 0.629. The SMILES string of the molecule is NC(=O)C1(Cc2cccc(-c3cccnc3)c2)CCN(Cc2cccc(Cl)c2)CC1. The Bertz CT molecular complexity index is 1010. The van der Waals surface area contributed by atoms with Gasteiger partial charge in [0.05, 0.1) is 5.41 Å². The van der Waals surface area contributed by atoms with Crippen LogP contribution < -0.4 is 5.73 Å². The van der Waals surface area contributed by atoms with Crippen molar-refractivity contribution in [3.63, 3.8) is 0 Å². The number of nitrogens with two attached hydrogens (primary N) is 1. The van der Waals surface area contributed by atoms with E-state index in [-0.39, 0.29) is 5.91 Å². The minimum atomic E-state index is -0.502. The number of hydrogen-bond acceptors (Lipinski definition) is 3. The van der Waals surface area contributed by atoms with Crippen LogP contribution in [0, 0.1) is 5.41 Å². The molecule has 0 spiro atoms. The first kappa shape index (κ1) is 20.6. The highest BCUT2D eigenvalue weighted by molar-refractivity contribution is 6.30. The predicted molar refractivity (Wildman–Crippen MR) is 121 cm³/mol. The Balaban J connectivity index is 1.46. The van der Waals surface area contributed by atoms with Crippen LogP contribution in [0.3, 0.4) is 0 Å². The highest BCUT2D eigenvalue weighted by atomic mass is 35.5. The molecule has 0 bridgehead atoms. The van der Waals surface area contributed by atoms with Crippen molar-refractivity contribution in [1.29, 1.82) is 0 Å². The van der Waals surface area contributed by atoms with Gasteiger partial charge in [-0.2, -0.15) is 0 Å². The summed E-state index contributed by atoms with van der Waals surface area (Å²) in [6, 6.07) is 20.3. The maximum Gasteiger partial charge on any atom is 0.224 e. The average Bonchev–Trinajstić information content (AvgIpc) is 2.76. The molecular weight excluding hydrogens is 394 g/mol. The molecule has 3 aromatic rings. The predicted octanol–water partition coefficient (Wildman–Crippen LogP) is 4.71. The van der Waals surface area contributed by atoms with E-state index in [0.717, 1.165) is 54.2 Å². The van der Waals surface area contributed by atoms with Gasteiger partial charge in [-0.3, -0.25) is 14.7 Å². The summed E-state index contributed by atoms with van der Waals surface area (Å²) < 4.78 is 0. The Morgan fingerprint density at radius 3 is 2.43 bits per heavy atom. The summed E-state index contributed by atoms with van der Waals surface area (Å²) in [7, 11) is 0. The third-order valence-corrected chi connectivity index (χ3v) is 6.33. The maximum absolute atomic E-state index is 12.5. The molecule has 1 aliphatic heterocycles. The zero-order valence-corrected chi connectivity index (χ0v) is 17.7. The van der Waals surface area contributed by atoms with Crippen molar-refractivity contribution < 1.29 is 4.79 Å². The lowest BCUT2D eigenvalue weighted by Gasteiger charge is -2.40. The Hall–Kier alpha value is -2.69. The molecule has 0 saturated carbocycles. The van der Waals surface area contributed by atoms with Gasteiger partial charge in [0.2, 0.25) is 5.91 Å². The number of aromatic nitrogens is 1. The standard InChI is InChI=1S/C25H26ClN3O/c26-23-8-2-5-20(15-23)18-29-12-9-25(10-13-29,24(27)30)16-19-4-1-6-21(14-19)22-7-3-11-28-17-22/h1-8,11,14-15,17H,9-10,12-13,16,18H2,(H2,27,30). The van der Waals surface area contributed by atoms with Crippen molar-refractivity contribution in [2.75, 3.05) is 13.1 Å². The summed E-state index contributed by atoms with van der Waals surface area (Å²) in [6.07, 6.45) is 5.82. The maximum atomic E-state index is 12.5. The molecule has 30 heavy (non-hydrogen) atoms. The molecule has 1 saturated heterocycles. The van der Waals surface area contributed by atoms with Gasteiger partial charge in [-0.25, -0.2) is 0 Å². The van der Waals surface area contributed by atoms with E-state index in [4.69, 9.17) is 17.3 Å². The minimum absolute atomic E-state index is 0.198. The molecule has 0 radical (unpaired) electrons. The van der Waals surface area contributed by atoms with Crippen LogP contribution in [0.1, 0.15) is 24.0 Å². The van der Waals surface area contributed by atoms with E-state index in [1.54, 1.807) is 6.20 Å². The second kappa shape index (κ2) is 8.99. The fourth-order valence-electron chi connectivity index (χ4n) is 4.33. The summed E-state index contributed by atoms with van der Waals surface area (Å²) in [5.41, 5.74) is 9.94. The van der Waals surface area contributed by atoms with Crippen LogP contribution in [0.4, 0.5) is 0 Å². The van der Waals surface area contributed by atoms with Gasteiger partial charge in [-0.1, -0.05) is 54.1 Å². The Labute approximate surface area is 182 Å². The zero-order chi connectivity index (χ0) is 21.0. The first-order valence-corrected chi connectivity index (χ1v) is 10.7. The molecule has 5 heteroatoms. The molecule has 0 unspecified atom stereocenters. The van der Waals surface area contributed by atoms with Crippen LogP contribution in [0.5, 0.6) is 0 Å². The number of benzene rings is 2. The summed E-state index contributed by atoms with van der Waals surface area (Å²) in [5, 5.41) is 0.754. The number of piperidine rings is 1. The second-order valence-corrected chi connectivity index (χ2v) is 8.61. The largest absolute Gasteiger partial charge is 0.369 e. The van der Waals surface area contributed by atoms with Gasteiger partial charge < -0.3 is 5.73 Å². The number of primary amides is 1. The van der Waals surface area contributed by atoms with Crippen molar-refractivity contribution in [2.45, 2.75) is 25.8 Å². The van der Waals surface area contributed by atoms with Crippen LogP contribution in [-0.2, 0) is 17.8 Å². The highest BCUT2D eigenvalue weighted by Crippen LogP contribution is 2.36. The van der Waals surface area contributed by atoms with Crippen molar-refractivity contribution in [2.24, 2.45) is 11.1 Å².